The lowest BCUT2D eigenvalue weighted by Crippen LogP contribution is -2.02. The van der Waals surface area contributed by atoms with E-state index < -0.39 is 0 Å². The fourth-order valence-corrected chi connectivity index (χ4v) is 8.52. The molecular formula is C54H32N4O2. The zero-order valence-corrected chi connectivity index (χ0v) is 32.1. The Labute approximate surface area is 344 Å². The molecule has 0 unspecified atom stereocenters. The molecule has 0 spiro atoms. The van der Waals surface area contributed by atoms with Crippen molar-refractivity contribution < 1.29 is 8.83 Å². The van der Waals surface area contributed by atoms with Crippen molar-refractivity contribution >= 4 is 54.6 Å². The fraction of sp³-hybridized carbons (Fsp3) is 0. The van der Waals surface area contributed by atoms with Crippen LogP contribution in [0.25, 0.3) is 122 Å². The summed E-state index contributed by atoms with van der Waals surface area (Å²) in [4.78, 5) is 20.3. The molecule has 0 saturated heterocycles. The number of pyridine rings is 1. The van der Waals surface area contributed by atoms with Crippen molar-refractivity contribution in [2.75, 3.05) is 0 Å². The van der Waals surface area contributed by atoms with Crippen LogP contribution in [0.5, 0.6) is 0 Å². The first-order chi connectivity index (χ1) is 29.7. The second-order valence-corrected chi connectivity index (χ2v) is 15.0. The number of aromatic nitrogens is 4. The fourth-order valence-electron chi connectivity index (χ4n) is 8.52. The van der Waals surface area contributed by atoms with Crippen LogP contribution in [0.15, 0.2) is 203 Å². The number of fused-ring (bicyclic) bond motifs is 7. The third-order valence-corrected chi connectivity index (χ3v) is 11.4. The van der Waals surface area contributed by atoms with E-state index in [1.165, 1.54) is 0 Å². The van der Waals surface area contributed by atoms with E-state index in [1.807, 2.05) is 48.7 Å². The van der Waals surface area contributed by atoms with Crippen LogP contribution < -0.4 is 0 Å². The van der Waals surface area contributed by atoms with Gasteiger partial charge in [-0.3, -0.25) is 4.98 Å². The number of nitrogens with zero attached hydrogens (tertiary/aromatic N) is 4. The highest BCUT2D eigenvalue weighted by molar-refractivity contribution is 6.08. The molecule has 0 aliphatic rings. The minimum Gasteiger partial charge on any atom is -0.456 e. The summed E-state index contributed by atoms with van der Waals surface area (Å²) in [6, 6.07) is 62.7. The molecule has 0 N–H and O–H groups in total. The Morgan fingerprint density at radius 2 is 0.817 bits per heavy atom. The smallest absolute Gasteiger partial charge is 0.164 e. The normalized spacial score (nSPS) is 11.7. The van der Waals surface area contributed by atoms with Crippen molar-refractivity contribution in [3.8, 4) is 67.5 Å². The van der Waals surface area contributed by atoms with E-state index in [0.717, 1.165) is 105 Å². The van der Waals surface area contributed by atoms with Gasteiger partial charge >= 0.3 is 0 Å². The zero-order chi connectivity index (χ0) is 39.6. The van der Waals surface area contributed by atoms with Crippen LogP contribution in [0.1, 0.15) is 0 Å². The highest BCUT2D eigenvalue weighted by atomic mass is 16.3. The van der Waals surface area contributed by atoms with Crippen LogP contribution >= 0.6 is 0 Å². The van der Waals surface area contributed by atoms with Crippen molar-refractivity contribution in [1.29, 1.82) is 0 Å². The number of benzene rings is 8. The van der Waals surface area contributed by atoms with Gasteiger partial charge in [-0.05, 0) is 99.3 Å². The summed E-state index contributed by atoms with van der Waals surface area (Å²) in [6.45, 7) is 0. The van der Waals surface area contributed by atoms with E-state index in [4.69, 9.17) is 23.8 Å². The van der Waals surface area contributed by atoms with Crippen LogP contribution in [0, 0.1) is 0 Å². The predicted octanol–water partition coefficient (Wildman–Crippen LogP) is 14.2. The monoisotopic (exact) mass is 768 g/mol. The van der Waals surface area contributed by atoms with Gasteiger partial charge in [0.25, 0.3) is 0 Å². The van der Waals surface area contributed by atoms with Crippen LogP contribution in [0.3, 0.4) is 0 Å². The van der Waals surface area contributed by atoms with E-state index in [-0.39, 0.29) is 0 Å². The number of hydrogen-bond donors (Lipinski definition) is 0. The number of hydrogen-bond acceptors (Lipinski definition) is 6. The Bertz CT molecular complexity index is 3490. The van der Waals surface area contributed by atoms with Crippen LogP contribution in [0.2, 0.25) is 0 Å². The SMILES string of the molecule is c1cncc(-c2ccccc2-c2nc(-c3cc(-c4ccc5oc6ccccc6c5c4)cc(-c4ccc5oc6ccccc6c5c4)c3)nc(-c3cccc4ccccc34)n2)c1. The first kappa shape index (κ1) is 33.9. The van der Waals surface area contributed by atoms with Gasteiger partial charge in [-0.15, -0.1) is 0 Å². The molecule has 6 nitrogen and oxygen atoms in total. The van der Waals surface area contributed by atoms with Crippen molar-refractivity contribution in [2.24, 2.45) is 0 Å². The molecule has 60 heavy (non-hydrogen) atoms. The molecule has 0 radical (unpaired) electrons. The Morgan fingerprint density at radius 1 is 0.300 bits per heavy atom. The van der Waals surface area contributed by atoms with Crippen LogP contribution in [-0.4, -0.2) is 19.9 Å². The minimum atomic E-state index is 0.566. The quantitative estimate of drug-likeness (QED) is 0.168. The summed E-state index contributed by atoms with van der Waals surface area (Å²) in [5.74, 6) is 1.74. The summed E-state index contributed by atoms with van der Waals surface area (Å²) >= 11 is 0. The lowest BCUT2D eigenvalue weighted by Gasteiger charge is -2.14. The summed E-state index contributed by atoms with van der Waals surface area (Å²) in [7, 11) is 0. The highest BCUT2D eigenvalue weighted by Gasteiger charge is 2.19. The second-order valence-electron chi connectivity index (χ2n) is 15.0. The Hall–Kier alpha value is -8.22. The Morgan fingerprint density at radius 3 is 1.48 bits per heavy atom. The third-order valence-electron chi connectivity index (χ3n) is 11.4. The van der Waals surface area contributed by atoms with Crippen LogP contribution in [0.4, 0.5) is 0 Å². The lowest BCUT2D eigenvalue weighted by molar-refractivity contribution is 0.668. The molecule has 0 atom stereocenters. The maximum atomic E-state index is 6.24. The molecule has 12 aromatic rings. The van der Waals surface area contributed by atoms with Crippen molar-refractivity contribution in [1.82, 2.24) is 19.9 Å². The predicted molar refractivity (Wildman–Crippen MR) is 242 cm³/mol. The summed E-state index contributed by atoms with van der Waals surface area (Å²) in [6.07, 6.45) is 3.66. The van der Waals surface area contributed by atoms with E-state index >= 15 is 0 Å². The van der Waals surface area contributed by atoms with E-state index in [0.29, 0.717) is 17.5 Å². The summed E-state index contributed by atoms with van der Waals surface area (Å²) in [5, 5.41) is 6.47. The van der Waals surface area contributed by atoms with Gasteiger partial charge in [-0.1, -0.05) is 121 Å². The summed E-state index contributed by atoms with van der Waals surface area (Å²) < 4.78 is 12.5. The van der Waals surface area contributed by atoms with Gasteiger partial charge in [0.15, 0.2) is 17.5 Å². The molecule has 12 rings (SSSR count). The molecule has 4 aromatic heterocycles. The van der Waals surface area contributed by atoms with Gasteiger partial charge in [-0.2, -0.15) is 0 Å². The number of para-hydroxylation sites is 2. The van der Waals surface area contributed by atoms with Crippen molar-refractivity contribution in [3.05, 3.63) is 194 Å². The Balaban J connectivity index is 1.12. The molecule has 0 saturated carbocycles. The third kappa shape index (κ3) is 5.73. The first-order valence-electron chi connectivity index (χ1n) is 19.9. The average molecular weight is 769 g/mol. The van der Waals surface area contributed by atoms with E-state index in [2.05, 4.69) is 145 Å². The largest absolute Gasteiger partial charge is 0.456 e. The molecular weight excluding hydrogens is 737 g/mol. The second kappa shape index (κ2) is 13.7. The van der Waals surface area contributed by atoms with Gasteiger partial charge in [0.1, 0.15) is 22.3 Å². The average Bonchev–Trinajstić information content (AvgIpc) is 3.89. The molecule has 280 valence electrons. The Kier molecular flexibility index (Phi) is 7.74. The van der Waals surface area contributed by atoms with Gasteiger partial charge in [-0.25, -0.2) is 15.0 Å². The molecule has 0 bridgehead atoms. The van der Waals surface area contributed by atoms with Crippen LogP contribution in [-0.2, 0) is 0 Å². The molecule has 0 fully saturated rings. The molecule has 4 heterocycles. The first-order valence-corrected chi connectivity index (χ1v) is 19.9. The van der Waals surface area contributed by atoms with E-state index in [1.54, 1.807) is 6.20 Å². The zero-order valence-electron chi connectivity index (χ0n) is 32.1. The van der Waals surface area contributed by atoms with Gasteiger partial charge in [0.2, 0.25) is 0 Å². The van der Waals surface area contributed by atoms with Gasteiger partial charge in [0.05, 0.1) is 0 Å². The molecule has 0 aliphatic heterocycles. The molecule has 0 aliphatic carbocycles. The number of furan rings is 2. The molecule has 8 aromatic carbocycles. The minimum absolute atomic E-state index is 0.566. The lowest BCUT2D eigenvalue weighted by atomic mass is 9.94. The molecule has 6 heteroatoms. The standard InChI is InChI=1S/C54H32N4O2/c1-2-14-40-33(11-1)12-9-19-45(40)54-57-52(56-53(58-54)44-18-4-3-15-41(44)36-13-10-26-55-32-36)39-28-37(34-22-24-50-46(30-34)42-16-5-7-20-48(42)59-50)27-38(29-39)35-23-25-51-47(31-35)43-17-6-8-21-49(43)60-51/h1-32H. The van der Waals surface area contributed by atoms with E-state index in [9.17, 15) is 0 Å². The maximum Gasteiger partial charge on any atom is 0.164 e. The maximum absolute atomic E-state index is 6.24. The highest BCUT2D eigenvalue weighted by Crippen LogP contribution is 2.40. The topological polar surface area (TPSA) is 77.8 Å². The van der Waals surface area contributed by atoms with Gasteiger partial charge in [0, 0.05) is 56.2 Å². The van der Waals surface area contributed by atoms with Gasteiger partial charge < -0.3 is 8.83 Å². The summed E-state index contributed by atoms with van der Waals surface area (Å²) in [5.41, 5.74) is 12.2. The van der Waals surface area contributed by atoms with Crippen molar-refractivity contribution in [3.63, 3.8) is 0 Å². The molecule has 0 amide bonds. The van der Waals surface area contributed by atoms with Crippen molar-refractivity contribution in [2.45, 2.75) is 0 Å². The number of rotatable bonds is 6.